The van der Waals surface area contributed by atoms with Gasteiger partial charge in [-0.2, -0.15) is 0 Å². The van der Waals surface area contributed by atoms with Gasteiger partial charge in [0.05, 0.1) is 11.4 Å². The van der Waals surface area contributed by atoms with Crippen LogP contribution in [0.1, 0.15) is 18.4 Å². The molecule has 1 aromatic heterocycles. The molecule has 2 heteroatoms. The summed E-state index contributed by atoms with van der Waals surface area (Å²) in [6.45, 7) is 0. The molecule has 0 N–H and O–H groups in total. The minimum atomic E-state index is 0.358. The first-order valence-electron chi connectivity index (χ1n) is 25.3. The van der Waals surface area contributed by atoms with Crippen molar-refractivity contribution in [2.24, 2.45) is 5.92 Å². The Morgan fingerprint density at radius 2 is 0.750 bits per heavy atom. The first kappa shape index (κ1) is 43.1. The maximum atomic E-state index is 2.59. The Morgan fingerprint density at radius 3 is 1.21 bits per heavy atom. The van der Waals surface area contributed by atoms with Crippen LogP contribution in [-0.4, -0.2) is 10.6 Å². The zero-order valence-electron chi connectivity index (χ0n) is 40.0. The van der Waals surface area contributed by atoms with Crippen LogP contribution in [0.5, 0.6) is 0 Å². The third kappa shape index (κ3) is 7.88. The number of aromatic nitrogens is 1. The van der Waals surface area contributed by atoms with E-state index in [1.54, 1.807) is 0 Å². The summed E-state index contributed by atoms with van der Waals surface area (Å²) in [5.41, 5.74) is 19.3. The van der Waals surface area contributed by atoms with Crippen LogP contribution in [0.2, 0.25) is 0 Å². The monoisotopic (exact) mass is 920 g/mol. The lowest BCUT2D eigenvalue weighted by Crippen LogP contribution is -2.35. The highest BCUT2D eigenvalue weighted by atomic mass is 15.2. The first-order chi connectivity index (χ1) is 35.7. The van der Waals surface area contributed by atoms with E-state index in [0.29, 0.717) is 12.0 Å². The van der Waals surface area contributed by atoms with Gasteiger partial charge in [0.25, 0.3) is 0 Å². The molecule has 0 bridgehead atoms. The zero-order valence-corrected chi connectivity index (χ0v) is 40.0. The molecule has 72 heavy (non-hydrogen) atoms. The largest absolute Gasteiger partial charge is 0.337 e. The van der Waals surface area contributed by atoms with E-state index in [-0.39, 0.29) is 0 Å². The number of benzene rings is 10. The van der Waals surface area contributed by atoms with Crippen LogP contribution in [-0.2, 0) is 0 Å². The van der Waals surface area contributed by atoms with E-state index in [1.807, 2.05) is 0 Å². The summed E-state index contributed by atoms with van der Waals surface area (Å²) in [6, 6.07) is 91.7. The normalized spacial score (nSPS) is 15.3. The van der Waals surface area contributed by atoms with Gasteiger partial charge in [0.2, 0.25) is 0 Å². The van der Waals surface area contributed by atoms with E-state index in [4.69, 9.17) is 0 Å². The van der Waals surface area contributed by atoms with E-state index in [0.717, 1.165) is 29.9 Å². The van der Waals surface area contributed by atoms with Crippen LogP contribution in [0.4, 0.5) is 5.69 Å². The van der Waals surface area contributed by atoms with E-state index in [9.17, 15) is 0 Å². The van der Waals surface area contributed by atoms with E-state index >= 15 is 0 Å². The van der Waals surface area contributed by atoms with Gasteiger partial charge in [-0.25, -0.2) is 0 Å². The quantitative estimate of drug-likeness (QED) is 0.124. The second-order valence-electron chi connectivity index (χ2n) is 19.1. The molecule has 10 aromatic carbocycles. The van der Waals surface area contributed by atoms with Crippen molar-refractivity contribution in [2.45, 2.75) is 18.9 Å². The summed E-state index contributed by atoms with van der Waals surface area (Å²) in [4.78, 5) is 2.59. The summed E-state index contributed by atoms with van der Waals surface area (Å²) < 4.78 is 2.39. The molecule has 1 aliphatic carbocycles. The number of hydrogen-bond donors (Lipinski definition) is 0. The highest BCUT2D eigenvalue weighted by Gasteiger charge is 2.33. The van der Waals surface area contributed by atoms with Gasteiger partial charge in [-0.05, 0) is 144 Å². The van der Waals surface area contributed by atoms with Gasteiger partial charge in [0.15, 0.2) is 0 Å². The van der Waals surface area contributed by atoms with Crippen molar-refractivity contribution in [1.29, 1.82) is 0 Å². The zero-order chi connectivity index (χ0) is 47.8. The Balaban J connectivity index is 0.924. The lowest BCUT2D eigenvalue weighted by Gasteiger charge is -2.35. The van der Waals surface area contributed by atoms with Gasteiger partial charge in [-0.1, -0.05) is 231 Å². The summed E-state index contributed by atoms with van der Waals surface area (Å²) in [5, 5.41) is 4.95. The molecule has 13 rings (SSSR count). The second-order valence-corrected chi connectivity index (χ2v) is 19.1. The van der Waals surface area contributed by atoms with E-state index in [1.165, 1.54) is 94.1 Å². The molecule has 0 saturated carbocycles. The van der Waals surface area contributed by atoms with Crippen LogP contribution in [0.3, 0.4) is 0 Å². The maximum Gasteiger partial charge on any atom is 0.0535 e. The third-order valence-electron chi connectivity index (χ3n) is 14.9. The lowest BCUT2D eigenvalue weighted by atomic mass is 9.84. The van der Waals surface area contributed by atoms with Gasteiger partial charge in [0, 0.05) is 29.0 Å². The maximum absolute atomic E-state index is 2.59. The highest BCUT2D eigenvalue weighted by Crippen LogP contribution is 2.47. The Hall–Kier alpha value is -8.98. The summed E-state index contributed by atoms with van der Waals surface area (Å²) in [5.74, 6) is 0.451. The predicted molar refractivity (Wildman–Crippen MR) is 305 cm³/mol. The van der Waals surface area contributed by atoms with Crippen LogP contribution >= 0.6 is 0 Å². The van der Waals surface area contributed by atoms with Gasteiger partial charge in [-0.15, -0.1) is 0 Å². The number of fused-ring (bicyclic) bond motifs is 2. The molecule has 0 amide bonds. The Kier molecular flexibility index (Phi) is 11.2. The van der Waals surface area contributed by atoms with Crippen molar-refractivity contribution in [3.8, 4) is 72.7 Å². The van der Waals surface area contributed by atoms with Crippen LogP contribution in [0.15, 0.2) is 279 Å². The van der Waals surface area contributed by atoms with Crippen molar-refractivity contribution in [2.75, 3.05) is 4.90 Å². The summed E-state index contributed by atoms with van der Waals surface area (Å²) in [6.07, 6.45) is 13.6. The number of anilines is 1. The second kappa shape index (κ2) is 18.7. The van der Waals surface area contributed by atoms with Crippen LogP contribution < -0.4 is 4.90 Å². The van der Waals surface area contributed by atoms with Gasteiger partial charge < -0.3 is 9.47 Å². The summed E-state index contributed by atoms with van der Waals surface area (Å²) in [7, 11) is 0. The molecule has 2 heterocycles. The van der Waals surface area contributed by atoms with E-state index in [2.05, 4.69) is 289 Å². The average molecular weight is 921 g/mol. The smallest absolute Gasteiger partial charge is 0.0535 e. The molecule has 0 radical (unpaired) electrons. The van der Waals surface area contributed by atoms with Gasteiger partial charge in [0.1, 0.15) is 0 Å². The molecule has 11 aromatic rings. The molecule has 342 valence electrons. The van der Waals surface area contributed by atoms with Gasteiger partial charge >= 0.3 is 0 Å². The molecule has 2 atom stereocenters. The Bertz CT molecular complexity index is 3750. The minimum Gasteiger partial charge on any atom is -0.337 e. The van der Waals surface area contributed by atoms with Crippen molar-refractivity contribution < 1.29 is 0 Å². The topological polar surface area (TPSA) is 8.17 Å². The molecule has 2 unspecified atom stereocenters. The lowest BCUT2D eigenvalue weighted by molar-refractivity contribution is 0.514. The number of hydrogen-bond acceptors (Lipinski definition) is 1. The molecular weight excluding hydrogens is 869 g/mol. The molecule has 0 fully saturated rings. The summed E-state index contributed by atoms with van der Waals surface area (Å²) >= 11 is 0. The van der Waals surface area contributed by atoms with Crippen molar-refractivity contribution in [3.63, 3.8) is 0 Å². The predicted octanol–water partition coefficient (Wildman–Crippen LogP) is 18.5. The van der Waals surface area contributed by atoms with Gasteiger partial charge in [-0.3, -0.25) is 0 Å². The highest BCUT2D eigenvalue weighted by molar-refractivity contribution is 6.22. The Morgan fingerprint density at radius 1 is 0.319 bits per heavy atom. The molecule has 0 saturated heterocycles. The molecule has 2 aliphatic rings. The fourth-order valence-electron chi connectivity index (χ4n) is 11.5. The Labute approximate surface area is 422 Å². The van der Waals surface area contributed by atoms with Crippen LogP contribution in [0.25, 0.3) is 100.0 Å². The number of allylic oxidation sites excluding steroid dienone is 3. The van der Waals surface area contributed by atoms with E-state index < -0.39 is 0 Å². The first-order valence-corrected chi connectivity index (χ1v) is 25.3. The fourth-order valence-corrected chi connectivity index (χ4v) is 11.5. The molecule has 2 nitrogen and oxygen atoms in total. The number of rotatable bonds is 10. The standard InChI is InChI=1S/C70H52N2/c1-7-19-51(20-8-1)65-43-44-66(52-21-9-2-10-22-52)71(65)59-37-31-49(32-38-59)57-35-41-61-63(47-57)69(55-27-15-5-16-28-55)62-42-36-58(48-64(62)70(61)56-29-17-6-18-30-56)50-33-39-60(40-34-50)72-67(53-23-11-3-12-24-53)45-46-68(72)54-25-13-4-14-26-54/h1-25,27-45,47-48,54,68H,26,46H2. The SMILES string of the molecule is C1=CCC(C2CC=C(c3ccccc3)N2c2ccc(-c3ccc4c(-c5ccccc5)c5cc(-c6ccc(-n7c(-c8ccccc8)ccc7-c7ccccc7)cc6)ccc5c(-c5ccccc5)c4c3)cc2)C=C1. The van der Waals surface area contributed by atoms with Crippen molar-refractivity contribution in [3.05, 3.63) is 285 Å². The van der Waals surface area contributed by atoms with Crippen molar-refractivity contribution in [1.82, 2.24) is 4.57 Å². The van der Waals surface area contributed by atoms with Crippen molar-refractivity contribution >= 4 is 32.9 Å². The third-order valence-corrected chi connectivity index (χ3v) is 14.9. The number of nitrogens with zero attached hydrogens (tertiary/aromatic N) is 2. The fraction of sp³-hybridized carbons (Fsp3) is 0.0571. The molecule has 0 spiro atoms. The minimum absolute atomic E-state index is 0.358. The average Bonchev–Trinajstić information content (AvgIpc) is 4.12. The molecule has 1 aliphatic heterocycles. The van der Waals surface area contributed by atoms with Crippen LogP contribution in [0, 0.1) is 5.92 Å². The molecular formula is C70H52N2.